The van der Waals surface area contributed by atoms with E-state index in [0.717, 1.165) is 0 Å². The van der Waals surface area contributed by atoms with E-state index in [1.165, 1.54) is 0 Å². The average molecular weight is 372 g/mol. The summed E-state index contributed by atoms with van der Waals surface area (Å²) < 4.78 is 5.32. The Bertz CT molecular complexity index is 712. The second-order valence-corrected chi connectivity index (χ2v) is 6.54. The van der Waals surface area contributed by atoms with Gasteiger partial charge >= 0.3 is 0 Å². The van der Waals surface area contributed by atoms with E-state index in [0.29, 0.717) is 27.9 Å². The number of aliphatic hydroxyl groups is 1. The van der Waals surface area contributed by atoms with Gasteiger partial charge in [-0.15, -0.1) is 10.2 Å². The zero-order chi connectivity index (χ0) is 17.7. The quantitative estimate of drug-likeness (QED) is 0.642. The highest BCUT2D eigenvalue weighted by atomic mass is 35.5. The van der Waals surface area contributed by atoms with Crippen molar-refractivity contribution in [3.8, 4) is 11.3 Å². The first-order chi connectivity index (χ1) is 11.3. The first-order valence-corrected chi connectivity index (χ1v) is 8.01. The monoisotopic (exact) mass is 371 g/mol. The summed E-state index contributed by atoms with van der Waals surface area (Å²) in [7, 11) is 0. The molecule has 0 amide bonds. The summed E-state index contributed by atoms with van der Waals surface area (Å²) in [5.41, 5.74) is 6.47. The number of nitrogens with two attached hydrogens (primary N) is 1. The number of anilines is 2. The van der Waals surface area contributed by atoms with Gasteiger partial charge in [-0.1, -0.05) is 35.3 Å². The lowest BCUT2D eigenvalue weighted by molar-refractivity contribution is 0.0708. The van der Waals surface area contributed by atoms with Crippen LogP contribution in [0.4, 0.5) is 11.8 Å². The topological polar surface area (TPSA) is 106 Å². The second kappa shape index (κ2) is 7.94. The molecule has 0 fully saturated rings. The highest BCUT2D eigenvalue weighted by Crippen LogP contribution is 2.34. The van der Waals surface area contributed by atoms with Crippen molar-refractivity contribution in [3.63, 3.8) is 0 Å². The molecule has 0 aliphatic rings. The van der Waals surface area contributed by atoms with Crippen molar-refractivity contribution in [3.05, 3.63) is 28.2 Å². The van der Waals surface area contributed by atoms with Gasteiger partial charge in [-0.2, -0.15) is 4.98 Å². The maximum atomic E-state index is 8.75. The SMILES string of the molecule is CC(C)(COCCO)Nc1nnc(-c2cccc(Cl)c2Cl)c(N)n1. The molecule has 0 unspecified atom stereocenters. The first-order valence-electron chi connectivity index (χ1n) is 7.25. The second-order valence-electron chi connectivity index (χ2n) is 5.76. The fourth-order valence-electron chi connectivity index (χ4n) is 2.00. The Labute approximate surface area is 150 Å². The molecule has 0 aliphatic heterocycles. The zero-order valence-corrected chi connectivity index (χ0v) is 14.9. The Kier molecular flexibility index (Phi) is 6.17. The van der Waals surface area contributed by atoms with Crippen LogP contribution in [0.15, 0.2) is 18.2 Å². The van der Waals surface area contributed by atoms with Gasteiger partial charge < -0.3 is 20.9 Å². The Hall–Kier alpha value is -1.67. The van der Waals surface area contributed by atoms with Crippen molar-refractivity contribution in [1.82, 2.24) is 15.2 Å². The van der Waals surface area contributed by atoms with Gasteiger partial charge in [0.25, 0.3) is 0 Å². The van der Waals surface area contributed by atoms with E-state index in [4.69, 9.17) is 38.8 Å². The molecule has 130 valence electrons. The van der Waals surface area contributed by atoms with Crippen LogP contribution in [0.2, 0.25) is 10.0 Å². The van der Waals surface area contributed by atoms with Gasteiger partial charge in [-0.05, 0) is 19.9 Å². The van der Waals surface area contributed by atoms with Crippen molar-refractivity contribution < 1.29 is 9.84 Å². The fraction of sp³-hybridized carbons (Fsp3) is 0.400. The van der Waals surface area contributed by atoms with E-state index in [9.17, 15) is 0 Å². The first kappa shape index (κ1) is 18.7. The fourth-order valence-corrected chi connectivity index (χ4v) is 2.39. The van der Waals surface area contributed by atoms with Crippen LogP contribution in [0.1, 0.15) is 13.8 Å². The number of aromatic nitrogens is 3. The summed E-state index contributed by atoms with van der Waals surface area (Å²) >= 11 is 12.2. The molecule has 1 aromatic heterocycles. The zero-order valence-electron chi connectivity index (χ0n) is 13.4. The lowest BCUT2D eigenvalue weighted by atomic mass is 10.1. The van der Waals surface area contributed by atoms with Crippen LogP contribution >= 0.6 is 23.2 Å². The molecule has 7 nitrogen and oxygen atoms in total. The number of hydrogen-bond donors (Lipinski definition) is 3. The van der Waals surface area contributed by atoms with Crippen LogP contribution in [0.25, 0.3) is 11.3 Å². The predicted octanol–water partition coefficient (Wildman–Crippen LogP) is 2.63. The Morgan fingerprint density at radius 2 is 2.04 bits per heavy atom. The molecule has 4 N–H and O–H groups in total. The summed E-state index contributed by atoms with van der Waals surface area (Å²) in [4.78, 5) is 4.22. The summed E-state index contributed by atoms with van der Waals surface area (Å²) in [6.45, 7) is 4.41. The molecular formula is C15H19Cl2N5O2. The smallest absolute Gasteiger partial charge is 0.245 e. The molecule has 0 bridgehead atoms. The van der Waals surface area contributed by atoms with Crippen LogP contribution < -0.4 is 11.1 Å². The van der Waals surface area contributed by atoms with E-state index in [-0.39, 0.29) is 25.0 Å². The molecule has 0 radical (unpaired) electrons. The van der Waals surface area contributed by atoms with Crippen molar-refractivity contribution in [2.75, 3.05) is 30.9 Å². The van der Waals surface area contributed by atoms with E-state index in [2.05, 4.69) is 20.5 Å². The van der Waals surface area contributed by atoms with Crippen LogP contribution in [0.3, 0.4) is 0 Å². The number of benzene rings is 1. The van der Waals surface area contributed by atoms with Crippen LogP contribution in [-0.2, 0) is 4.74 Å². The molecular weight excluding hydrogens is 353 g/mol. The molecule has 1 aromatic carbocycles. The Morgan fingerprint density at radius 3 is 2.71 bits per heavy atom. The minimum Gasteiger partial charge on any atom is -0.394 e. The molecule has 2 rings (SSSR count). The normalized spacial score (nSPS) is 11.5. The van der Waals surface area contributed by atoms with Crippen molar-refractivity contribution in [2.24, 2.45) is 0 Å². The third kappa shape index (κ3) is 4.67. The molecule has 9 heteroatoms. The van der Waals surface area contributed by atoms with Gasteiger partial charge in [0.15, 0.2) is 5.82 Å². The number of ether oxygens (including phenoxy) is 1. The summed E-state index contributed by atoms with van der Waals surface area (Å²) in [5, 5.41) is 20.7. The van der Waals surface area contributed by atoms with Gasteiger partial charge in [0.05, 0.1) is 35.4 Å². The number of rotatable bonds is 7. The predicted molar refractivity (Wildman–Crippen MR) is 95.3 cm³/mol. The molecule has 2 aromatic rings. The van der Waals surface area contributed by atoms with Gasteiger partial charge in [-0.3, -0.25) is 0 Å². The summed E-state index contributed by atoms with van der Waals surface area (Å²) in [5.74, 6) is 0.454. The number of nitrogens with one attached hydrogen (secondary N) is 1. The largest absolute Gasteiger partial charge is 0.394 e. The van der Waals surface area contributed by atoms with Gasteiger partial charge in [0.2, 0.25) is 5.95 Å². The maximum Gasteiger partial charge on any atom is 0.245 e. The lowest BCUT2D eigenvalue weighted by Crippen LogP contribution is -2.37. The molecule has 0 saturated carbocycles. The van der Waals surface area contributed by atoms with Crippen molar-refractivity contribution in [2.45, 2.75) is 19.4 Å². The number of aliphatic hydroxyl groups excluding tert-OH is 1. The van der Waals surface area contributed by atoms with Crippen LogP contribution in [-0.4, -0.2) is 45.6 Å². The number of halogens is 2. The highest BCUT2D eigenvalue weighted by molar-refractivity contribution is 6.43. The molecule has 0 aliphatic carbocycles. The van der Waals surface area contributed by atoms with Crippen LogP contribution in [0, 0.1) is 0 Å². The van der Waals surface area contributed by atoms with E-state index < -0.39 is 5.54 Å². The lowest BCUT2D eigenvalue weighted by Gasteiger charge is -2.25. The minimum atomic E-state index is -0.460. The maximum absolute atomic E-state index is 8.75. The number of nitrogen functional groups attached to an aromatic ring is 1. The average Bonchev–Trinajstić information content (AvgIpc) is 2.50. The highest BCUT2D eigenvalue weighted by Gasteiger charge is 2.21. The third-order valence-electron chi connectivity index (χ3n) is 3.07. The Morgan fingerprint density at radius 1 is 1.29 bits per heavy atom. The molecule has 0 saturated heterocycles. The van der Waals surface area contributed by atoms with Crippen LogP contribution in [0.5, 0.6) is 0 Å². The van der Waals surface area contributed by atoms with Crippen molar-refractivity contribution >= 4 is 35.0 Å². The van der Waals surface area contributed by atoms with Crippen molar-refractivity contribution in [1.29, 1.82) is 0 Å². The van der Waals surface area contributed by atoms with Gasteiger partial charge in [0.1, 0.15) is 5.69 Å². The number of nitrogens with zero attached hydrogens (tertiary/aromatic N) is 3. The summed E-state index contributed by atoms with van der Waals surface area (Å²) in [6, 6.07) is 5.17. The number of hydrogen-bond acceptors (Lipinski definition) is 7. The standard InChI is InChI=1S/C15H19Cl2N5O2/c1-15(2,8-24-7-6-23)20-14-19-13(18)12(21-22-14)9-4-3-5-10(16)11(9)17/h3-5,23H,6-8H2,1-2H3,(H3,18,19,20,22). The third-order valence-corrected chi connectivity index (χ3v) is 3.89. The molecule has 1 heterocycles. The van der Waals surface area contributed by atoms with Gasteiger partial charge in [0, 0.05) is 5.56 Å². The molecule has 24 heavy (non-hydrogen) atoms. The molecule has 0 atom stereocenters. The van der Waals surface area contributed by atoms with E-state index in [1.54, 1.807) is 18.2 Å². The summed E-state index contributed by atoms with van der Waals surface area (Å²) in [6.07, 6.45) is 0. The van der Waals surface area contributed by atoms with E-state index >= 15 is 0 Å². The minimum absolute atomic E-state index is 0.0316. The van der Waals surface area contributed by atoms with Gasteiger partial charge in [-0.25, -0.2) is 0 Å². The Balaban J connectivity index is 2.19. The molecule has 0 spiro atoms. The van der Waals surface area contributed by atoms with E-state index in [1.807, 2.05) is 13.8 Å².